The third-order valence-corrected chi connectivity index (χ3v) is 4.56. The summed E-state index contributed by atoms with van der Waals surface area (Å²) in [6, 6.07) is 6.75. The summed E-state index contributed by atoms with van der Waals surface area (Å²) < 4.78 is 80.8. The normalized spacial score (nSPS) is 12.8. The summed E-state index contributed by atoms with van der Waals surface area (Å²) in [5.74, 6) is -6.42. The Labute approximate surface area is 191 Å². The van der Waals surface area contributed by atoms with E-state index in [1.54, 1.807) is 6.07 Å². The molecule has 2 aromatic rings. The summed E-state index contributed by atoms with van der Waals surface area (Å²) in [4.78, 5) is 24.0. The lowest BCUT2D eigenvalue weighted by Gasteiger charge is -2.23. The van der Waals surface area contributed by atoms with Crippen LogP contribution < -0.4 is 15.4 Å². The number of rotatable bonds is 6. The Morgan fingerprint density at radius 1 is 0.969 bits per heavy atom. The Balaban J connectivity index is 2.06. The minimum atomic E-state index is -5.80. The predicted molar refractivity (Wildman–Crippen MR) is 106 cm³/mol. The van der Waals surface area contributed by atoms with Gasteiger partial charge in [0.05, 0.1) is 20.6 Å². The molecule has 1 atom stereocenters. The van der Waals surface area contributed by atoms with Crippen LogP contribution in [-0.4, -0.2) is 36.8 Å². The first-order chi connectivity index (χ1) is 14.7. The molecule has 0 aliphatic rings. The molecular formula is C18H11Cl3F6N2O3. The Morgan fingerprint density at radius 3 is 2.06 bits per heavy atom. The van der Waals surface area contributed by atoms with Crippen molar-refractivity contribution in [2.75, 3.05) is 11.9 Å². The topological polar surface area (TPSA) is 67.4 Å². The molecule has 0 radical (unpaired) electrons. The molecule has 0 bridgehead atoms. The quantitative estimate of drug-likeness (QED) is 0.424. The summed E-state index contributed by atoms with van der Waals surface area (Å²) >= 11 is 17.5. The van der Waals surface area contributed by atoms with Gasteiger partial charge in [-0.1, -0.05) is 46.9 Å². The maximum absolute atomic E-state index is 13.4. The molecule has 174 valence electrons. The molecule has 0 saturated carbocycles. The van der Waals surface area contributed by atoms with Crippen molar-refractivity contribution in [3.63, 3.8) is 0 Å². The van der Waals surface area contributed by atoms with Crippen molar-refractivity contribution in [1.82, 2.24) is 5.32 Å². The molecule has 0 heterocycles. The smallest absolute Gasteiger partial charge is 0.425 e. The second kappa shape index (κ2) is 10.1. The van der Waals surface area contributed by atoms with E-state index in [1.807, 2.05) is 5.32 Å². The fraction of sp³-hybridized carbons (Fsp3) is 0.222. The number of amides is 3. The summed E-state index contributed by atoms with van der Waals surface area (Å²) in [5.41, 5.74) is -0.114. The molecule has 0 aliphatic carbocycles. The molecular weight excluding hydrogens is 513 g/mol. The monoisotopic (exact) mass is 522 g/mol. The largest absolute Gasteiger partial charge is 0.484 e. The highest BCUT2D eigenvalue weighted by Crippen LogP contribution is 2.39. The molecule has 0 aliphatic heterocycles. The summed E-state index contributed by atoms with van der Waals surface area (Å²) in [7, 11) is 0. The van der Waals surface area contributed by atoms with E-state index in [2.05, 4.69) is 10.1 Å². The molecule has 1 unspecified atom stereocenters. The number of hydrogen-bond acceptors (Lipinski definition) is 3. The number of imide groups is 1. The van der Waals surface area contributed by atoms with Crippen molar-refractivity contribution in [3.8, 4) is 5.75 Å². The first-order valence-electron chi connectivity index (χ1n) is 8.29. The summed E-state index contributed by atoms with van der Waals surface area (Å²) in [6.07, 6.45) is -10.3. The first-order valence-corrected chi connectivity index (χ1v) is 9.43. The zero-order valence-electron chi connectivity index (χ0n) is 15.4. The molecule has 0 saturated heterocycles. The van der Waals surface area contributed by atoms with Gasteiger partial charge in [0, 0.05) is 5.69 Å². The SMILES string of the molecule is O=C(NC(=O)c1ccccc1Cl)Nc1cc(Cl)c(OCC(F)(F)C(F)C(F)(F)F)c(Cl)c1. The predicted octanol–water partition coefficient (Wildman–Crippen LogP) is 6.52. The number of carbonyl (C=O) groups is 2. The van der Waals surface area contributed by atoms with Gasteiger partial charge in [0.25, 0.3) is 12.1 Å². The average Bonchev–Trinajstić information content (AvgIpc) is 2.66. The van der Waals surface area contributed by atoms with Crippen molar-refractivity contribution in [3.05, 3.63) is 57.0 Å². The lowest BCUT2D eigenvalue weighted by atomic mass is 10.2. The molecule has 32 heavy (non-hydrogen) atoms. The van der Waals surface area contributed by atoms with Gasteiger partial charge in [-0.05, 0) is 24.3 Å². The van der Waals surface area contributed by atoms with Crippen LogP contribution in [0.3, 0.4) is 0 Å². The number of anilines is 1. The number of halogens is 9. The zero-order valence-corrected chi connectivity index (χ0v) is 17.6. The molecule has 0 aromatic heterocycles. The van der Waals surface area contributed by atoms with Crippen LogP contribution in [0.1, 0.15) is 10.4 Å². The molecule has 2 N–H and O–H groups in total. The average molecular weight is 524 g/mol. The van der Waals surface area contributed by atoms with Crippen LogP contribution >= 0.6 is 34.8 Å². The fourth-order valence-electron chi connectivity index (χ4n) is 2.23. The molecule has 0 spiro atoms. The van der Waals surface area contributed by atoms with Crippen molar-refractivity contribution in [2.24, 2.45) is 0 Å². The van der Waals surface area contributed by atoms with Gasteiger partial charge < -0.3 is 10.1 Å². The molecule has 5 nitrogen and oxygen atoms in total. The number of carbonyl (C=O) groups excluding carboxylic acids is 2. The van der Waals surface area contributed by atoms with Crippen LogP contribution in [0, 0.1) is 0 Å². The number of urea groups is 1. The summed E-state index contributed by atoms with van der Waals surface area (Å²) in [5, 5.41) is 3.28. The number of benzene rings is 2. The van der Waals surface area contributed by atoms with E-state index in [4.69, 9.17) is 34.8 Å². The van der Waals surface area contributed by atoms with Gasteiger partial charge in [-0.2, -0.15) is 22.0 Å². The van der Waals surface area contributed by atoms with E-state index in [9.17, 15) is 35.9 Å². The van der Waals surface area contributed by atoms with Gasteiger partial charge in [0.1, 0.15) is 0 Å². The Hall–Kier alpha value is -2.37. The van der Waals surface area contributed by atoms with Crippen LogP contribution in [-0.2, 0) is 0 Å². The van der Waals surface area contributed by atoms with Crippen LogP contribution in [0.5, 0.6) is 5.75 Å². The van der Waals surface area contributed by atoms with E-state index in [-0.39, 0.29) is 16.3 Å². The number of alkyl halides is 6. The van der Waals surface area contributed by atoms with Crippen LogP contribution in [0.2, 0.25) is 15.1 Å². The van der Waals surface area contributed by atoms with Crippen LogP contribution in [0.4, 0.5) is 36.8 Å². The lowest BCUT2D eigenvalue weighted by molar-refractivity contribution is -0.250. The van der Waals surface area contributed by atoms with Crippen LogP contribution in [0.25, 0.3) is 0 Å². The Bertz CT molecular complexity index is 997. The van der Waals surface area contributed by atoms with Crippen LogP contribution in [0.15, 0.2) is 36.4 Å². The van der Waals surface area contributed by atoms with E-state index in [0.29, 0.717) is 0 Å². The standard InChI is InChI=1S/C18H11Cl3F6N2O3/c19-10-4-2-1-3-9(10)14(30)29-16(31)28-8-5-11(20)13(12(21)6-8)32-7-17(23,24)15(22)18(25,26)27/h1-6,15H,7H2,(H2,28,29,30,31). The summed E-state index contributed by atoms with van der Waals surface area (Å²) in [6.45, 7) is -2.01. The molecule has 2 rings (SSSR count). The van der Waals surface area contributed by atoms with Gasteiger partial charge in [-0.15, -0.1) is 0 Å². The highest BCUT2D eigenvalue weighted by Gasteiger charge is 2.57. The van der Waals surface area contributed by atoms with Crippen molar-refractivity contribution in [1.29, 1.82) is 0 Å². The van der Waals surface area contributed by atoms with E-state index < -0.39 is 52.6 Å². The van der Waals surface area contributed by atoms with Gasteiger partial charge in [0.15, 0.2) is 12.4 Å². The minimum Gasteiger partial charge on any atom is -0.484 e. The van der Waals surface area contributed by atoms with Gasteiger partial charge in [0.2, 0.25) is 0 Å². The van der Waals surface area contributed by atoms with Gasteiger partial charge >= 0.3 is 18.1 Å². The third kappa shape index (κ3) is 6.57. The number of hydrogen-bond donors (Lipinski definition) is 2. The Morgan fingerprint density at radius 2 is 1.53 bits per heavy atom. The number of nitrogens with one attached hydrogen (secondary N) is 2. The lowest BCUT2D eigenvalue weighted by Crippen LogP contribution is -2.45. The minimum absolute atomic E-state index is 0.00933. The van der Waals surface area contributed by atoms with Crippen molar-refractivity contribution in [2.45, 2.75) is 18.3 Å². The Kier molecular flexibility index (Phi) is 8.13. The third-order valence-electron chi connectivity index (χ3n) is 3.67. The number of ether oxygens (including phenoxy) is 1. The van der Waals surface area contributed by atoms with Crippen molar-refractivity contribution < 1.29 is 40.7 Å². The molecule has 2 aromatic carbocycles. The van der Waals surface area contributed by atoms with Gasteiger partial charge in [-0.25, -0.2) is 9.18 Å². The first kappa shape index (κ1) is 25.9. The molecule has 3 amide bonds. The second-order valence-electron chi connectivity index (χ2n) is 6.11. The van der Waals surface area contributed by atoms with E-state index in [0.717, 1.165) is 12.1 Å². The maximum atomic E-state index is 13.4. The fourth-order valence-corrected chi connectivity index (χ4v) is 3.05. The van der Waals surface area contributed by atoms with E-state index in [1.165, 1.54) is 18.2 Å². The maximum Gasteiger partial charge on any atom is 0.425 e. The zero-order chi connectivity index (χ0) is 24.3. The second-order valence-corrected chi connectivity index (χ2v) is 7.33. The molecule has 0 fully saturated rings. The van der Waals surface area contributed by atoms with Crippen molar-refractivity contribution >= 4 is 52.4 Å². The molecule has 14 heteroatoms. The van der Waals surface area contributed by atoms with Gasteiger partial charge in [-0.3, -0.25) is 10.1 Å². The highest BCUT2D eigenvalue weighted by atomic mass is 35.5. The van der Waals surface area contributed by atoms with E-state index >= 15 is 0 Å². The highest BCUT2D eigenvalue weighted by molar-refractivity contribution is 6.37.